The number of amides is 1. The highest BCUT2D eigenvalue weighted by Crippen LogP contribution is 2.35. The van der Waals surface area contributed by atoms with Gasteiger partial charge in [-0.15, -0.1) is 0 Å². The molecule has 3 heterocycles. The van der Waals surface area contributed by atoms with Gasteiger partial charge in [0.15, 0.2) is 24.4 Å². The Hall–Kier alpha value is -2.87. The quantitative estimate of drug-likeness (QED) is 0.0831. The molecule has 2 saturated heterocycles. The second-order valence-electron chi connectivity index (χ2n) is 9.88. The molecule has 0 aromatic heterocycles. The second kappa shape index (κ2) is 14.7. The average molecular weight is 732 g/mol. The first-order chi connectivity index (χ1) is 21.5. The predicted octanol–water partition coefficient (Wildman–Crippen LogP) is -6.55. The molecule has 0 aromatic carbocycles. The summed E-state index contributed by atoms with van der Waals surface area (Å²) in [6.07, 6.45) is -28.3. The highest BCUT2D eigenvalue weighted by molar-refractivity contribution is 7.81. The number of carbonyl (C=O) groups excluding carboxylic acids is 1. The normalized spacial score (nSPS) is 38.3. The van der Waals surface area contributed by atoms with Crippen LogP contribution in [0, 0.1) is 0 Å². The summed E-state index contributed by atoms with van der Waals surface area (Å²) >= 11 is 0. The number of carboxylic acids is 2. The molecule has 25 nitrogen and oxygen atoms in total. The first-order valence-electron chi connectivity index (χ1n) is 12.6. The first-order valence-corrected chi connectivity index (χ1v) is 15.4. The number of nitrogens with one attached hydrogen (secondary N) is 1. The molecule has 0 radical (unpaired) electrons. The molecular formula is C20H29NO24S2. The van der Waals surface area contributed by atoms with Crippen molar-refractivity contribution in [1.29, 1.82) is 0 Å². The van der Waals surface area contributed by atoms with Crippen LogP contribution in [0.15, 0.2) is 11.5 Å². The summed E-state index contributed by atoms with van der Waals surface area (Å²) in [4.78, 5) is 35.6. The van der Waals surface area contributed by atoms with Crippen molar-refractivity contribution in [3.05, 3.63) is 11.5 Å². The molecule has 2 fully saturated rings. The van der Waals surface area contributed by atoms with Crippen molar-refractivity contribution >= 4 is 38.6 Å². The lowest BCUT2D eigenvalue weighted by molar-refractivity contribution is -0.345. The standard InChI is InChI=1S/C20H29NO24S2/c1-3(22)21-5-12(42-20-10(27)6(23)7(24)14(44-20)16(28)29)11(45-47(36,37)38)4(2-39-46(33,34)35)40-19(5)43-13-8(25)9(26)18(32)41-15(13)17(30)31/h4-6,8-13,15,18-20,23-27,32H,2H2,1H3,(H,21,22)(H,28,29)(H,30,31)(H,33,34,35)(H,36,37,38)/t4-,5-,6+,8-,9-,10-,11+,12-,13+,15+,18?,19+,20-/m1/s1. The van der Waals surface area contributed by atoms with Gasteiger partial charge >= 0.3 is 32.7 Å². The third-order valence-electron chi connectivity index (χ3n) is 6.56. The molecule has 0 spiro atoms. The minimum Gasteiger partial charge on any atom is -0.506 e. The van der Waals surface area contributed by atoms with E-state index in [4.69, 9.17) is 28.2 Å². The average Bonchev–Trinajstić information content (AvgIpc) is 2.93. The van der Waals surface area contributed by atoms with E-state index in [-0.39, 0.29) is 0 Å². The van der Waals surface area contributed by atoms with Gasteiger partial charge in [-0.3, -0.25) is 13.9 Å². The van der Waals surface area contributed by atoms with E-state index in [0.717, 1.165) is 6.92 Å². The number of hydrogen-bond donors (Lipinski definition) is 11. The summed E-state index contributed by atoms with van der Waals surface area (Å²) in [5.74, 6) is -7.85. The third kappa shape index (κ3) is 9.39. The third-order valence-corrected chi connectivity index (χ3v) is 7.46. The van der Waals surface area contributed by atoms with Crippen LogP contribution in [-0.4, -0.2) is 171 Å². The maximum Gasteiger partial charge on any atom is 0.397 e. The van der Waals surface area contributed by atoms with Gasteiger partial charge < -0.3 is 69.9 Å². The Balaban J connectivity index is 2.17. The molecular weight excluding hydrogens is 702 g/mol. The zero-order valence-electron chi connectivity index (χ0n) is 23.2. The topological polar surface area (TPSA) is 398 Å². The molecule has 3 rings (SSSR count). The van der Waals surface area contributed by atoms with E-state index in [1.54, 1.807) is 0 Å². The van der Waals surface area contributed by atoms with Crippen molar-refractivity contribution in [1.82, 2.24) is 5.32 Å². The zero-order valence-corrected chi connectivity index (χ0v) is 24.8. The maximum atomic E-state index is 12.2. The molecule has 27 heteroatoms. The van der Waals surface area contributed by atoms with Gasteiger partial charge in [-0.1, -0.05) is 0 Å². The number of aliphatic hydroxyl groups is 6. The number of aliphatic hydroxyl groups excluding tert-OH is 6. The highest BCUT2D eigenvalue weighted by atomic mass is 32.3. The van der Waals surface area contributed by atoms with E-state index in [9.17, 15) is 76.6 Å². The monoisotopic (exact) mass is 731 g/mol. The van der Waals surface area contributed by atoms with Gasteiger partial charge in [-0.2, -0.15) is 16.8 Å². The van der Waals surface area contributed by atoms with E-state index < -0.39 is 137 Å². The molecule has 0 aliphatic carbocycles. The van der Waals surface area contributed by atoms with Gasteiger partial charge in [0, 0.05) is 6.92 Å². The van der Waals surface area contributed by atoms with Crippen molar-refractivity contribution in [2.45, 2.75) is 86.8 Å². The van der Waals surface area contributed by atoms with Crippen LogP contribution < -0.4 is 5.32 Å². The lowest BCUT2D eigenvalue weighted by Gasteiger charge is -2.48. The minimum absolute atomic E-state index is 0.818. The molecule has 47 heavy (non-hydrogen) atoms. The molecule has 13 atom stereocenters. The molecule has 0 aromatic rings. The lowest BCUT2D eigenvalue weighted by atomic mass is 9.94. The largest absolute Gasteiger partial charge is 0.506 e. The second-order valence-corrected chi connectivity index (χ2v) is 12.0. The van der Waals surface area contributed by atoms with Gasteiger partial charge in [-0.05, 0) is 0 Å². The summed E-state index contributed by atoms with van der Waals surface area (Å²) in [6, 6.07) is -2.13. The molecule has 1 amide bonds. The fourth-order valence-corrected chi connectivity index (χ4v) is 5.40. The van der Waals surface area contributed by atoms with E-state index in [1.165, 1.54) is 0 Å². The number of hydrogen-bond acceptors (Lipinski definition) is 20. The Kier molecular flexibility index (Phi) is 12.1. The molecule has 1 unspecified atom stereocenters. The van der Waals surface area contributed by atoms with Crippen LogP contribution in [0.1, 0.15) is 6.92 Å². The molecule has 11 N–H and O–H groups in total. The fraction of sp³-hybridized carbons (Fsp3) is 0.750. The lowest BCUT2D eigenvalue weighted by Crippen LogP contribution is -2.69. The summed E-state index contributed by atoms with van der Waals surface area (Å²) in [7, 11) is -11.0. The highest BCUT2D eigenvalue weighted by Gasteiger charge is 2.56. The Bertz CT molecular complexity index is 1430. The smallest absolute Gasteiger partial charge is 0.397 e. The van der Waals surface area contributed by atoms with Crippen molar-refractivity contribution in [2.24, 2.45) is 0 Å². The van der Waals surface area contributed by atoms with Crippen molar-refractivity contribution < 1.29 is 113 Å². The summed E-state index contributed by atoms with van der Waals surface area (Å²) in [5.41, 5.74) is 0. The van der Waals surface area contributed by atoms with Crippen LogP contribution >= 0.6 is 0 Å². The van der Waals surface area contributed by atoms with Crippen LogP contribution in [-0.2, 0) is 67.2 Å². The van der Waals surface area contributed by atoms with Crippen LogP contribution in [0.3, 0.4) is 0 Å². The zero-order chi connectivity index (χ0) is 35.8. The van der Waals surface area contributed by atoms with Gasteiger partial charge in [-0.25, -0.2) is 18.0 Å². The number of carbonyl (C=O) groups is 3. The number of aliphatic carboxylic acids is 2. The summed E-state index contributed by atoms with van der Waals surface area (Å²) < 4.78 is 99.5. The molecule has 3 aliphatic heterocycles. The van der Waals surface area contributed by atoms with Gasteiger partial charge in [0.25, 0.3) is 0 Å². The van der Waals surface area contributed by atoms with Crippen LogP contribution in [0.2, 0.25) is 0 Å². The number of ether oxygens (including phenoxy) is 5. The van der Waals surface area contributed by atoms with E-state index >= 15 is 0 Å². The van der Waals surface area contributed by atoms with E-state index in [0.29, 0.717) is 0 Å². The van der Waals surface area contributed by atoms with Crippen molar-refractivity contribution in [2.75, 3.05) is 6.61 Å². The fourth-order valence-electron chi connectivity index (χ4n) is 4.58. The minimum atomic E-state index is -5.66. The predicted molar refractivity (Wildman–Crippen MR) is 135 cm³/mol. The van der Waals surface area contributed by atoms with E-state index in [2.05, 4.69) is 13.7 Å². The Labute approximate surface area is 262 Å². The Morgan fingerprint density at radius 1 is 0.830 bits per heavy atom. The SMILES string of the molecule is CC(=O)N[C@H]1[C@H](O[C@H]2[C@H](O)[C@@H](O)C(O)O[C@@H]2C(=O)O)O[C@H](COS(=O)(=O)O)[C@H](OS(=O)(=O)O)[C@@H]1O[C@@H]1OC(C(=O)O)=C(O)[C@H](O)[C@H]1O. The van der Waals surface area contributed by atoms with Crippen LogP contribution in [0.25, 0.3) is 0 Å². The van der Waals surface area contributed by atoms with Gasteiger partial charge in [0.2, 0.25) is 18.0 Å². The molecule has 0 bridgehead atoms. The van der Waals surface area contributed by atoms with E-state index in [1.807, 2.05) is 0 Å². The van der Waals surface area contributed by atoms with Crippen LogP contribution in [0.4, 0.5) is 0 Å². The molecule has 3 aliphatic rings. The molecule has 270 valence electrons. The first kappa shape index (κ1) is 38.6. The van der Waals surface area contributed by atoms with Gasteiger partial charge in [0.1, 0.15) is 54.9 Å². The number of rotatable bonds is 12. The number of carboxylic acid groups (broad SMARTS) is 2. The maximum absolute atomic E-state index is 12.2. The Morgan fingerprint density at radius 2 is 1.43 bits per heavy atom. The van der Waals surface area contributed by atoms with Crippen molar-refractivity contribution in [3.63, 3.8) is 0 Å². The Morgan fingerprint density at radius 3 is 1.94 bits per heavy atom. The van der Waals surface area contributed by atoms with Gasteiger partial charge in [0.05, 0.1) is 6.61 Å². The molecule has 0 saturated carbocycles. The van der Waals surface area contributed by atoms with Crippen molar-refractivity contribution in [3.8, 4) is 0 Å². The van der Waals surface area contributed by atoms with Crippen LogP contribution in [0.5, 0.6) is 0 Å². The summed E-state index contributed by atoms with van der Waals surface area (Å²) in [6.45, 7) is -0.658. The summed E-state index contributed by atoms with van der Waals surface area (Å²) in [5, 5.41) is 81.8.